The molecule has 6 heteroatoms. The zero-order valence-electron chi connectivity index (χ0n) is 17.2. The molecule has 0 bridgehead atoms. The average molecular weight is 426 g/mol. The van der Waals surface area contributed by atoms with E-state index < -0.39 is 0 Å². The molecule has 1 amide bonds. The summed E-state index contributed by atoms with van der Waals surface area (Å²) in [6.45, 7) is 2.03. The quantitative estimate of drug-likeness (QED) is 0.641. The van der Waals surface area contributed by atoms with E-state index in [0.29, 0.717) is 10.7 Å². The van der Waals surface area contributed by atoms with Crippen LogP contribution in [-0.4, -0.2) is 22.8 Å². The van der Waals surface area contributed by atoms with Crippen LogP contribution in [0.4, 0.5) is 5.69 Å². The Morgan fingerprint density at radius 1 is 1.07 bits per heavy atom. The Hall–Kier alpha value is -2.53. The number of hydrogen-bond donors (Lipinski definition) is 2. The van der Waals surface area contributed by atoms with Gasteiger partial charge in [0.2, 0.25) is 0 Å². The van der Waals surface area contributed by atoms with Crippen molar-refractivity contribution in [1.82, 2.24) is 5.32 Å². The van der Waals surface area contributed by atoms with Crippen molar-refractivity contribution in [2.75, 3.05) is 5.01 Å². The van der Waals surface area contributed by atoms with E-state index in [9.17, 15) is 9.90 Å². The minimum atomic E-state index is -0.180. The molecule has 1 aliphatic heterocycles. The van der Waals surface area contributed by atoms with Crippen LogP contribution in [0, 0.1) is 5.92 Å². The molecule has 1 saturated carbocycles. The molecule has 30 heavy (non-hydrogen) atoms. The molecule has 1 fully saturated rings. The Labute approximate surface area is 182 Å². The van der Waals surface area contributed by atoms with Crippen LogP contribution in [0.2, 0.25) is 5.02 Å². The van der Waals surface area contributed by atoms with Gasteiger partial charge in [-0.1, -0.05) is 68.5 Å². The Morgan fingerprint density at radius 3 is 2.40 bits per heavy atom. The number of para-hydroxylation sites is 1. The summed E-state index contributed by atoms with van der Waals surface area (Å²) in [7, 11) is 0. The molecule has 0 saturated heterocycles. The standard InChI is InChI=1S/C24H28ClN3O2/c1-16-22(24(30)26-18-8-4-2-3-5-9-18)27-28(21-11-7-6-10-20(21)25)23(16)17-12-14-19(29)15-13-17/h6-7,10-16,18,23,29H,2-5,8-9H2,1H3,(H,26,30)/t16-,23+/m0/s1. The largest absolute Gasteiger partial charge is 0.508 e. The first-order chi connectivity index (χ1) is 14.5. The fourth-order valence-electron chi connectivity index (χ4n) is 4.51. The number of hydrogen-bond acceptors (Lipinski definition) is 4. The molecule has 158 valence electrons. The van der Waals surface area contributed by atoms with E-state index >= 15 is 0 Å². The highest BCUT2D eigenvalue weighted by Gasteiger charge is 2.40. The van der Waals surface area contributed by atoms with Crippen LogP contribution in [0.25, 0.3) is 0 Å². The molecular weight excluding hydrogens is 398 g/mol. The van der Waals surface area contributed by atoms with Crippen LogP contribution in [0.5, 0.6) is 5.75 Å². The second-order valence-corrected chi connectivity index (χ2v) is 8.68. The summed E-state index contributed by atoms with van der Waals surface area (Å²) in [6, 6.07) is 14.7. The summed E-state index contributed by atoms with van der Waals surface area (Å²) in [5.74, 6) is -0.00901. The highest BCUT2D eigenvalue weighted by molar-refractivity contribution is 6.40. The Kier molecular flexibility index (Phi) is 6.28. The maximum absolute atomic E-state index is 13.2. The van der Waals surface area contributed by atoms with Crippen LogP contribution < -0.4 is 10.3 Å². The average Bonchev–Trinajstić information content (AvgIpc) is 2.89. The third-order valence-corrected chi connectivity index (χ3v) is 6.46. The van der Waals surface area contributed by atoms with E-state index in [1.807, 2.05) is 48.3 Å². The van der Waals surface area contributed by atoms with Gasteiger partial charge in [0.15, 0.2) is 0 Å². The molecule has 0 aromatic heterocycles. The molecule has 1 heterocycles. The van der Waals surface area contributed by atoms with E-state index in [1.165, 1.54) is 12.8 Å². The van der Waals surface area contributed by atoms with Crippen molar-refractivity contribution in [3.8, 4) is 5.75 Å². The van der Waals surface area contributed by atoms with Gasteiger partial charge in [0, 0.05) is 12.0 Å². The summed E-state index contributed by atoms with van der Waals surface area (Å²) in [4.78, 5) is 13.2. The maximum Gasteiger partial charge on any atom is 0.268 e. The van der Waals surface area contributed by atoms with E-state index in [4.69, 9.17) is 16.7 Å². The molecule has 1 aliphatic carbocycles. The predicted molar refractivity (Wildman–Crippen MR) is 121 cm³/mol. The Balaban J connectivity index is 1.65. The lowest BCUT2D eigenvalue weighted by Gasteiger charge is -2.27. The molecule has 2 aromatic carbocycles. The van der Waals surface area contributed by atoms with Gasteiger partial charge in [0.1, 0.15) is 11.5 Å². The predicted octanol–water partition coefficient (Wildman–Crippen LogP) is 5.44. The van der Waals surface area contributed by atoms with Crippen molar-refractivity contribution >= 4 is 28.9 Å². The number of benzene rings is 2. The second kappa shape index (κ2) is 9.09. The zero-order valence-corrected chi connectivity index (χ0v) is 18.0. The smallest absolute Gasteiger partial charge is 0.268 e. The van der Waals surface area contributed by atoms with Gasteiger partial charge < -0.3 is 10.4 Å². The number of halogens is 1. The summed E-state index contributed by atoms with van der Waals surface area (Å²) in [6.07, 6.45) is 6.87. The lowest BCUT2D eigenvalue weighted by Crippen LogP contribution is -2.40. The number of amides is 1. The van der Waals surface area contributed by atoms with E-state index in [1.54, 1.807) is 12.1 Å². The maximum atomic E-state index is 13.2. The first-order valence-electron chi connectivity index (χ1n) is 10.8. The van der Waals surface area contributed by atoms with Gasteiger partial charge in [-0.25, -0.2) is 0 Å². The third kappa shape index (κ3) is 4.31. The fourth-order valence-corrected chi connectivity index (χ4v) is 4.73. The highest BCUT2D eigenvalue weighted by atomic mass is 35.5. The first-order valence-corrected chi connectivity index (χ1v) is 11.1. The summed E-state index contributed by atoms with van der Waals surface area (Å²) < 4.78 is 0. The molecule has 2 N–H and O–H groups in total. The molecule has 4 rings (SSSR count). The number of phenolic OH excluding ortho intramolecular Hbond substituents is 1. The summed E-state index contributed by atoms with van der Waals surface area (Å²) >= 11 is 6.48. The van der Waals surface area contributed by atoms with Crippen LogP contribution in [0.3, 0.4) is 0 Å². The van der Waals surface area contributed by atoms with Gasteiger partial charge in [0.05, 0.1) is 16.8 Å². The number of carbonyl (C=O) groups excluding carboxylic acids is 1. The lowest BCUT2D eigenvalue weighted by atomic mass is 9.90. The lowest BCUT2D eigenvalue weighted by molar-refractivity contribution is -0.115. The van der Waals surface area contributed by atoms with Crippen molar-refractivity contribution < 1.29 is 9.90 Å². The van der Waals surface area contributed by atoms with Crippen molar-refractivity contribution in [3.63, 3.8) is 0 Å². The Bertz CT molecular complexity index is 920. The molecule has 2 aromatic rings. The zero-order chi connectivity index (χ0) is 21.1. The van der Waals surface area contributed by atoms with Gasteiger partial charge in [-0.2, -0.15) is 5.10 Å². The normalized spacial score (nSPS) is 22.5. The van der Waals surface area contributed by atoms with Crippen LogP contribution in [0.1, 0.15) is 57.1 Å². The molecule has 0 unspecified atom stereocenters. The van der Waals surface area contributed by atoms with Gasteiger partial charge in [-0.05, 0) is 42.7 Å². The van der Waals surface area contributed by atoms with Crippen LogP contribution in [-0.2, 0) is 4.79 Å². The molecule has 2 atom stereocenters. The second-order valence-electron chi connectivity index (χ2n) is 8.27. The number of aromatic hydroxyl groups is 1. The third-order valence-electron chi connectivity index (χ3n) is 6.14. The van der Waals surface area contributed by atoms with Crippen molar-refractivity contribution in [1.29, 1.82) is 0 Å². The number of hydrazone groups is 1. The van der Waals surface area contributed by atoms with Gasteiger partial charge in [-0.3, -0.25) is 9.80 Å². The van der Waals surface area contributed by atoms with Crippen molar-refractivity contribution in [2.45, 2.75) is 57.5 Å². The first kappa shape index (κ1) is 20.7. The number of nitrogens with one attached hydrogen (secondary N) is 1. The topological polar surface area (TPSA) is 64.9 Å². The van der Waals surface area contributed by atoms with Crippen molar-refractivity contribution in [3.05, 3.63) is 59.1 Å². The molecule has 0 radical (unpaired) electrons. The SMILES string of the molecule is C[C@H]1C(C(=O)NC2CCCCCC2)=NN(c2ccccc2Cl)[C@H]1c1ccc(O)cc1. The monoisotopic (exact) mass is 425 g/mol. The van der Waals surface area contributed by atoms with E-state index in [-0.39, 0.29) is 29.7 Å². The molecular formula is C24H28ClN3O2. The number of rotatable bonds is 4. The van der Waals surface area contributed by atoms with Gasteiger partial charge in [0.25, 0.3) is 5.91 Å². The summed E-state index contributed by atoms with van der Waals surface area (Å²) in [5.41, 5.74) is 2.26. The number of nitrogens with zero attached hydrogens (tertiary/aromatic N) is 2. The number of carbonyl (C=O) groups is 1. The van der Waals surface area contributed by atoms with Crippen molar-refractivity contribution in [2.24, 2.45) is 11.0 Å². The highest BCUT2D eigenvalue weighted by Crippen LogP contribution is 2.42. The molecule has 5 nitrogen and oxygen atoms in total. The molecule has 0 spiro atoms. The van der Waals surface area contributed by atoms with Crippen LogP contribution >= 0.6 is 11.6 Å². The van der Waals surface area contributed by atoms with Gasteiger partial charge >= 0.3 is 0 Å². The number of phenols is 1. The fraction of sp³-hybridized carbons (Fsp3) is 0.417. The number of anilines is 1. The minimum absolute atomic E-state index is 0.0901. The van der Waals surface area contributed by atoms with Crippen LogP contribution in [0.15, 0.2) is 53.6 Å². The van der Waals surface area contributed by atoms with E-state index in [0.717, 1.165) is 36.9 Å². The Morgan fingerprint density at radius 2 is 1.73 bits per heavy atom. The van der Waals surface area contributed by atoms with Gasteiger partial charge in [-0.15, -0.1) is 0 Å². The minimum Gasteiger partial charge on any atom is -0.508 e. The molecule has 2 aliphatic rings. The van der Waals surface area contributed by atoms with E-state index in [2.05, 4.69) is 5.32 Å². The summed E-state index contributed by atoms with van der Waals surface area (Å²) in [5, 5.41) is 20.1.